The van der Waals surface area contributed by atoms with Crippen LogP contribution in [0.3, 0.4) is 0 Å². The summed E-state index contributed by atoms with van der Waals surface area (Å²) in [6, 6.07) is 0. The molecule has 1 fully saturated rings. The van der Waals surface area contributed by atoms with Crippen molar-refractivity contribution < 1.29 is 17.4 Å². The molecule has 1 aliphatic rings. The van der Waals surface area contributed by atoms with E-state index >= 15 is 0 Å². The number of likely N-dealkylation sites (tertiary alicyclic amines) is 1. The molecular weight excluding hydrogens is 202 g/mol. The molecule has 0 atom stereocenters. The predicted molar refractivity (Wildman–Crippen MR) is 59.9 cm³/mol. The summed E-state index contributed by atoms with van der Waals surface area (Å²) in [5.41, 5.74) is 0. The van der Waals surface area contributed by atoms with Crippen molar-refractivity contribution in [1.29, 1.82) is 0 Å². The van der Waals surface area contributed by atoms with Crippen LogP contribution in [0.5, 0.6) is 0 Å². The van der Waals surface area contributed by atoms with Crippen molar-refractivity contribution in [3.8, 4) is 0 Å². The van der Waals surface area contributed by atoms with Gasteiger partial charge < -0.3 is 17.4 Å². The van der Waals surface area contributed by atoms with Crippen LogP contribution < -0.4 is 0 Å². The highest BCUT2D eigenvalue weighted by molar-refractivity contribution is 6.56. The van der Waals surface area contributed by atoms with Crippen LogP contribution in [-0.2, 0) is 0 Å². The fraction of sp³-hybridized carbons (Fsp3) is 1.00. The van der Waals surface area contributed by atoms with E-state index in [1.54, 1.807) is 0 Å². The smallest absolute Gasteiger partial charge is 0.449 e. The fourth-order valence-corrected chi connectivity index (χ4v) is 1.86. The van der Waals surface area contributed by atoms with Gasteiger partial charge in [-0.05, 0) is 6.42 Å². The van der Waals surface area contributed by atoms with Crippen molar-refractivity contribution in [1.82, 2.24) is 0 Å². The first-order valence-corrected chi connectivity index (χ1v) is 5.84. The number of unbranched alkanes of at least 4 members (excludes halogenated alkanes) is 1. The van der Waals surface area contributed by atoms with Crippen LogP contribution >= 0.6 is 0 Å². The molecule has 0 aromatic heterocycles. The molecule has 0 N–H and O–H groups in total. The molecule has 0 unspecified atom stereocenters. The van der Waals surface area contributed by atoms with Crippen molar-refractivity contribution in [2.45, 2.75) is 39.4 Å². The van der Waals surface area contributed by atoms with Crippen LogP contribution in [0.1, 0.15) is 32.6 Å². The van der Waals surface area contributed by atoms with Gasteiger partial charge in [-0.15, -0.1) is 0 Å². The molecule has 1 rings (SSSR count). The molecule has 0 radical (unpaired) electrons. The summed E-state index contributed by atoms with van der Waals surface area (Å²) < 4.78 is 32.6. The van der Waals surface area contributed by atoms with Gasteiger partial charge in [0.25, 0.3) is 0 Å². The normalized spacial score (nSPS) is 19.6. The van der Waals surface area contributed by atoms with Crippen molar-refractivity contribution in [3.63, 3.8) is 0 Å². The van der Waals surface area contributed by atoms with Gasteiger partial charge in [-0.25, -0.2) is 0 Å². The second-order valence-electron chi connectivity index (χ2n) is 4.75. The molecule has 0 amide bonds. The largest absolute Gasteiger partial charge is 0.475 e. The summed E-state index contributed by atoms with van der Waals surface area (Å²) >= 11 is 0. The first kappa shape index (κ1) is 14.8. The second kappa shape index (κ2) is 6.41. The van der Waals surface area contributed by atoms with Crippen LogP contribution in [-0.4, -0.2) is 38.1 Å². The minimum Gasteiger partial charge on any atom is -0.449 e. The number of hydrogen-bond donors (Lipinski definition) is 0. The Hall–Kier alpha value is -0.185. The quantitative estimate of drug-likeness (QED) is 0.509. The highest BCUT2D eigenvalue weighted by atomic mass is 19.4. The maximum Gasteiger partial charge on any atom is 0.475 e. The van der Waals surface area contributed by atoms with E-state index < -0.39 is 6.98 Å². The second-order valence-corrected chi connectivity index (χ2v) is 4.75. The molecule has 0 saturated carbocycles. The van der Waals surface area contributed by atoms with E-state index in [0.29, 0.717) is 0 Å². The lowest BCUT2D eigenvalue weighted by Gasteiger charge is -2.28. The van der Waals surface area contributed by atoms with Gasteiger partial charge in [0, 0.05) is 12.8 Å². The summed E-state index contributed by atoms with van der Waals surface area (Å²) in [7, 11) is 2.41. The number of hydrogen-bond acceptors (Lipinski definition) is 0. The average Bonchev–Trinajstić information content (AvgIpc) is 2.46. The Morgan fingerprint density at radius 1 is 1.13 bits per heavy atom. The van der Waals surface area contributed by atoms with E-state index in [1.807, 2.05) is 0 Å². The number of nitrogens with zero attached hydrogens (tertiary/aromatic N) is 1. The first-order chi connectivity index (χ1) is 6.77. The lowest BCUT2D eigenvalue weighted by molar-refractivity contribution is -0.897. The zero-order valence-corrected chi connectivity index (χ0v) is 10.1. The van der Waals surface area contributed by atoms with Crippen molar-refractivity contribution >= 4 is 6.98 Å². The highest BCUT2D eigenvalue weighted by Crippen LogP contribution is 2.16. The van der Waals surface area contributed by atoms with Gasteiger partial charge in [0.2, 0.25) is 0 Å². The maximum atomic E-state index is 10.4. The van der Waals surface area contributed by atoms with Crippen LogP contribution in [0.2, 0.25) is 6.82 Å². The lowest BCUT2D eigenvalue weighted by atomic mass is 9.99. The summed E-state index contributed by atoms with van der Waals surface area (Å²) in [4.78, 5) is 0. The highest BCUT2D eigenvalue weighted by Gasteiger charge is 2.25. The molecule has 5 heteroatoms. The maximum absolute atomic E-state index is 10.4. The van der Waals surface area contributed by atoms with Crippen LogP contribution in [0.25, 0.3) is 0 Å². The molecule has 92 valence electrons. The minimum atomic E-state index is -4.50. The van der Waals surface area contributed by atoms with Gasteiger partial charge in [0.05, 0.1) is 26.7 Å². The Kier molecular flexibility index (Phi) is 6.33. The van der Waals surface area contributed by atoms with Gasteiger partial charge in [-0.2, -0.15) is 0 Å². The van der Waals surface area contributed by atoms with Gasteiger partial charge in [-0.3, -0.25) is 0 Å². The summed E-state index contributed by atoms with van der Waals surface area (Å²) in [5, 5.41) is 0. The van der Waals surface area contributed by atoms with E-state index in [4.69, 9.17) is 0 Å². The van der Waals surface area contributed by atoms with Crippen LogP contribution in [0.4, 0.5) is 12.9 Å². The summed E-state index contributed by atoms with van der Waals surface area (Å²) in [5.74, 6) is 0. The Morgan fingerprint density at radius 3 is 1.87 bits per heavy atom. The first-order valence-electron chi connectivity index (χ1n) is 5.84. The Labute approximate surface area is 91.3 Å². The lowest BCUT2D eigenvalue weighted by Crippen LogP contribution is -2.41. The molecule has 0 aromatic carbocycles. The Morgan fingerprint density at radius 2 is 1.53 bits per heavy atom. The molecule has 0 spiro atoms. The third-order valence-corrected chi connectivity index (χ3v) is 2.70. The standard InChI is InChI=1S/C9H20N.CH3BF3/c1-3-4-7-10(2)8-5-6-9-10;1-2(3,4)5/h3-9H2,1-2H3;1H3/q+1;-1. The van der Waals surface area contributed by atoms with Gasteiger partial charge in [0.15, 0.2) is 0 Å². The number of halogens is 3. The Bertz CT molecular complexity index is 159. The number of rotatable bonds is 3. The molecule has 1 saturated heterocycles. The number of quaternary nitrogens is 1. The molecule has 0 aromatic rings. The third-order valence-electron chi connectivity index (χ3n) is 2.70. The van der Waals surface area contributed by atoms with Gasteiger partial charge >= 0.3 is 6.98 Å². The minimum absolute atomic E-state index is 0.250. The van der Waals surface area contributed by atoms with Crippen LogP contribution in [0.15, 0.2) is 0 Å². The van der Waals surface area contributed by atoms with E-state index in [1.165, 1.54) is 49.8 Å². The van der Waals surface area contributed by atoms with E-state index in [9.17, 15) is 12.9 Å². The molecule has 0 bridgehead atoms. The molecule has 1 nitrogen and oxygen atoms in total. The molecule has 1 heterocycles. The molecule has 0 aliphatic carbocycles. The molecule has 1 aliphatic heterocycles. The summed E-state index contributed by atoms with van der Waals surface area (Å²) in [6.45, 7) is 2.30. The average molecular weight is 225 g/mol. The zero-order valence-electron chi connectivity index (χ0n) is 10.1. The van der Waals surface area contributed by atoms with Crippen LogP contribution in [0, 0.1) is 0 Å². The third kappa shape index (κ3) is 10.1. The molecule has 15 heavy (non-hydrogen) atoms. The Balaban J connectivity index is 0.000000336. The molecular formula is C10H23BF3N. The van der Waals surface area contributed by atoms with Crippen molar-refractivity contribution in [2.75, 3.05) is 26.7 Å². The van der Waals surface area contributed by atoms with Crippen molar-refractivity contribution in [3.05, 3.63) is 0 Å². The summed E-state index contributed by atoms with van der Waals surface area (Å²) in [6.07, 6.45) is 5.69. The van der Waals surface area contributed by atoms with Gasteiger partial charge in [0.1, 0.15) is 0 Å². The van der Waals surface area contributed by atoms with E-state index in [-0.39, 0.29) is 6.82 Å². The zero-order chi connectivity index (χ0) is 11.9. The van der Waals surface area contributed by atoms with Crippen molar-refractivity contribution in [2.24, 2.45) is 0 Å². The SMILES string of the molecule is CCCC[N+]1(C)CCCC1.C[B-](F)(F)F. The monoisotopic (exact) mass is 225 g/mol. The van der Waals surface area contributed by atoms with Gasteiger partial charge in [-0.1, -0.05) is 20.2 Å². The van der Waals surface area contributed by atoms with E-state index in [2.05, 4.69) is 14.0 Å². The fourth-order valence-electron chi connectivity index (χ4n) is 1.86. The van der Waals surface area contributed by atoms with E-state index in [0.717, 1.165) is 0 Å². The topological polar surface area (TPSA) is 0 Å². The predicted octanol–water partition coefficient (Wildman–Crippen LogP) is 3.49.